The third-order valence-corrected chi connectivity index (χ3v) is 3.03. The summed E-state index contributed by atoms with van der Waals surface area (Å²) in [6, 6.07) is 5.08. The molecule has 1 aromatic heterocycles. The van der Waals surface area contributed by atoms with Crippen molar-refractivity contribution in [3.05, 3.63) is 34.3 Å². The zero-order chi connectivity index (χ0) is 13.4. The lowest BCUT2D eigenvalue weighted by molar-refractivity contribution is -0.121. The highest BCUT2D eigenvalue weighted by Crippen LogP contribution is 2.23. The SMILES string of the molecule is CC(=O)C(c1ccc2c(c1)oc(=O)n2C)N(C)C. The van der Waals surface area contributed by atoms with Crippen molar-refractivity contribution in [1.82, 2.24) is 9.47 Å². The number of carbonyl (C=O) groups is 1. The van der Waals surface area contributed by atoms with E-state index in [9.17, 15) is 9.59 Å². The molecule has 96 valence electrons. The van der Waals surface area contributed by atoms with Crippen LogP contribution >= 0.6 is 0 Å². The van der Waals surface area contributed by atoms with Crippen LogP contribution < -0.4 is 5.76 Å². The van der Waals surface area contributed by atoms with Gasteiger partial charge in [0.05, 0.1) is 11.6 Å². The first-order valence-electron chi connectivity index (χ1n) is 5.68. The number of nitrogens with zero attached hydrogens (tertiary/aromatic N) is 2. The van der Waals surface area contributed by atoms with E-state index in [2.05, 4.69) is 0 Å². The van der Waals surface area contributed by atoms with Crippen LogP contribution in [0.4, 0.5) is 0 Å². The number of ketones is 1. The van der Waals surface area contributed by atoms with Crippen molar-refractivity contribution < 1.29 is 9.21 Å². The van der Waals surface area contributed by atoms with Gasteiger partial charge in [0.1, 0.15) is 0 Å². The van der Waals surface area contributed by atoms with E-state index >= 15 is 0 Å². The molecule has 0 spiro atoms. The molecule has 0 fully saturated rings. The predicted molar refractivity (Wildman–Crippen MR) is 68.6 cm³/mol. The molecule has 18 heavy (non-hydrogen) atoms. The van der Waals surface area contributed by atoms with Crippen LogP contribution in [-0.4, -0.2) is 29.3 Å². The van der Waals surface area contributed by atoms with Crippen molar-refractivity contribution in [2.24, 2.45) is 7.05 Å². The van der Waals surface area contributed by atoms with Crippen molar-refractivity contribution in [3.8, 4) is 0 Å². The smallest absolute Gasteiger partial charge is 0.408 e. The number of hydrogen-bond acceptors (Lipinski definition) is 4. The van der Waals surface area contributed by atoms with Crippen molar-refractivity contribution in [2.45, 2.75) is 13.0 Å². The molecule has 0 aliphatic carbocycles. The number of aryl methyl sites for hydroxylation is 1. The van der Waals surface area contributed by atoms with Gasteiger partial charge in [-0.15, -0.1) is 0 Å². The summed E-state index contributed by atoms with van der Waals surface area (Å²) in [5.74, 6) is -0.344. The average molecular weight is 248 g/mol. The number of carbonyl (C=O) groups excluding carboxylic acids is 1. The van der Waals surface area contributed by atoms with Crippen molar-refractivity contribution >= 4 is 16.9 Å². The van der Waals surface area contributed by atoms with Gasteiger partial charge in [-0.1, -0.05) is 6.07 Å². The Labute approximate surface area is 105 Å². The molecule has 0 bridgehead atoms. The molecule has 0 radical (unpaired) electrons. The topological polar surface area (TPSA) is 55.5 Å². The molecule has 1 aromatic carbocycles. The number of Topliss-reactive ketones (excluding diaryl/α,β-unsaturated/α-hetero) is 1. The van der Waals surface area contributed by atoms with Gasteiger partial charge in [-0.2, -0.15) is 0 Å². The van der Waals surface area contributed by atoms with Crippen LogP contribution in [0.2, 0.25) is 0 Å². The highest BCUT2D eigenvalue weighted by Gasteiger charge is 2.20. The highest BCUT2D eigenvalue weighted by atomic mass is 16.4. The van der Waals surface area contributed by atoms with Gasteiger partial charge in [0.15, 0.2) is 11.4 Å². The van der Waals surface area contributed by atoms with Gasteiger partial charge in [-0.25, -0.2) is 4.79 Å². The summed E-state index contributed by atoms with van der Waals surface area (Å²) in [6.07, 6.45) is 0. The number of fused-ring (bicyclic) bond motifs is 1. The van der Waals surface area contributed by atoms with Crippen molar-refractivity contribution in [2.75, 3.05) is 14.1 Å². The van der Waals surface area contributed by atoms with Gasteiger partial charge >= 0.3 is 5.76 Å². The molecule has 5 heteroatoms. The Morgan fingerprint density at radius 3 is 2.61 bits per heavy atom. The first-order chi connectivity index (χ1) is 8.41. The van der Waals surface area contributed by atoms with Crippen LogP contribution in [0.25, 0.3) is 11.1 Å². The van der Waals surface area contributed by atoms with Gasteiger partial charge in [0, 0.05) is 7.05 Å². The molecular formula is C13H16N2O3. The first kappa shape index (κ1) is 12.6. The second kappa shape index (κ2) is 4.42. The zero-order valence-electron chi connectivity index (χ0n) is 10.9. The maximum atomic E-state index is 11.7. The monoisotopic (exact) mass is 248 g/mol. The Hall–Kier alpha value is -1.88. The van der Waals surface area contributed by atoms with Gasteiger partial charge in [0.2, 0.25) is 0 Å². The molecule has 0 amide bonds. The summed E-state index contributed by atoms with van der Waals surface area (Å²) in [5.41, 5.74) is 2.06. The largest absolute Gasteiger partial charge is 0.419 e. The van der Waals surface area contributed by atoms with E-state index in [-0.39, 0.29) is 11.8 Å². The molecule has 2 aromatic rings. The van der Waals surface area contributed by atoms with E-state index in [0.29, 0.717) is 5.58 Å². The Balaban J connectivity index is 2.59. The zero-order valence-corrected chi connectivity index (χ0v) is 10.9. The molecule has 0 saturated carbocycles. The Morgan fingerprint density at radius 2 is 2.06 bits per heavy atom. The van der Waals surface area contributed by atoms with E-state index in [4.69, 9.17) is 4.42 Å². The minimum absolute atomic E-state index is 0.0534. The highest BCUT2D eigenvalue weighted by molar-refractivity contribution is 5.84. The third kappa shape index (κ3) is 1.97. The van der Waals surface area contributed by atoms with E-state index in [1.54, 1.807) is 26.1 Å². The average Bonchev–Trinajstić information content (AvgIpc) is 2.53. The molecule has 0 N–H and O–H groups in total. The van der Waals surface area contributed by atoms with Crippen LogP contribution in [0.1, 0.15) is 18.5 Å². The summed E-state index contributed by atoms with van der Waals surface area (Å²) < 4.78 is 6.57. The summed E-state index contributed by atoms with van der Waals surface area (Å²) in [7, 11) is 5.34. The van der Waals surface area contributed by atoms with Gasteiger partial charge < -0.3 is 4.42 Å². The Morgan fingerprint density at radius 1 is 1.39 bits per heavy atom. The molecule has 1 unspecified atom stereocenters. The van der Waals surface area contributed by atoms with E-state index in [0.717, 1.165) is 11.1 Å². The van der Waals surface area contributed by atoms with Crippen LogP contribution in [0.15, 0.2) is 27.4 Å². The lowest BCUT2D eigenvalue weighted by Gasteiger charge is -2.21. The summed E-state index contributed by atoms with van der Waals surface area (Å²) in [4.78, 5) is 24.9. The predicted octanol–water partition coefficient (Wildman–Crippen LogP) is 1.32. The fourth-order valence-electron chi connectivity index (χ4n) is 2.22. The normalized spacial score (nSPS) is 13.2. The third-order valence-electron chi connectivity index (χ3n) is 3.03. The second-order valence-corrected chi connectivity index (χ2v) is 4.63. The van der Waals surface area contributed by atoms with Gasteiger partial charge in [-0.3, -0.25) is 14.3 Å². The Kier molecular flexibility index (Phi) is 3.09. The lowest BCUT2D eigenvalue weighted by atomic mass is 10.0. The molecule has 0 aliphatic heterocycles. The van der Waals surface area contributed by atoms with E-state index in [1.807, 2.05) is 25.1 Å². The summed E-state index contributed by atoms with van der Waals surface area (Å²) in [5, 5.41) is 0. The molecule has 0 saturated heterocycles. The maximum Gasteiger partial charge on any atom is 0.419 e. The van der Waals surface area contributed by atoms with Crippen LogP contribution in [0, 0.1) is 0 Å². The minimum Gasteiger partial charge on any atom is -0.408 e. The number of likely N-dealkylation sites (N-methyl/N-ethyl adjacent to an activating group) is 1. The number of oxazole rings is 1. The summed E-state index contributed by atoms with van der Waals surface area (Å²) in [6.45, 7) is 1.55. The van der Waals surface area contributed by atoms with E-state index < -0.39 is 5.76 Å². The van der Waals surface area contributed by atoms with Gasteiger partial charge in [0.25, 0.3) is 0 Å². The first-order valence-corrected chi connectivity index (χ1v) is 5.68. The van der Waals surface area contributed by atoms with Gasteiger partial charge in [-0.05, 0) is 38.7 Å². The standard InChI is InChI=1S/C13H16N2O3/c1-8(16)12(14(2)3)9-5-6-10-11(7-9)18-13(17)15(10)4/h5-7,12H,1-4H3. The van der Waals surface area contributed by atoms with Crippen molar-refractivity contribution in [1.29, 1.82) is 0 Å². The van der Waals surface area contributed by atoms with Crippen molar-refractivity contribution in [3.63, 3.8) is 0 Å². The molecule has 0 aliphatic rings. The molecule has 5 nitrogen and oxygen atoms in total. The quantitative estimate of drug-likeness (QED) is 0.822. The fourth-order valence-corrected chi connectivity index (χ4v) is 2.22. The number of hydrogen-bond donors (Lipinski definition) is 0. The molecular weight excluding hydrogens is 232 g/mol. The van der Waals surface area contributed by atoms with Crippen LogP contribution in [-0.2, 0) is 11.8 Å². The molecule has 2 rings (SSSR count). The minimum atomic E-state index is -0.397. The number of aromatic nitrogens is 1. The molecule has 1 atom stereocenters. The Bertz CT molecular complexity index is 652. The fraction of sp³-hybridized carbons (Fsp3) is 0.385. The second-order valence-electron chi connectivity index (χ2n) is 4.63. The van der Waals surface area contributed by atoms with Crippen LogP contribution in [0.3, 0.4) is 0 Å². The lowest BCUT2D eigenvalue weighted by Crippen LogP contribution is -2.25. The number of benzene rings is 1. The molecule has 1 heterocycles. The number of rotatable bonds is 3. The van der Waals surface area contributed by atoms with E-state index in [1.165, 1.54) is 4.57 Å². The summed E-state index contributed by atoms with van der Waals surface area (Å²) >= 11 is 0. The van der Waals surface area contributed by atoms with Crippen LogP contribution in [0.5, 0.6) is 0 Å². The maximum absolute atomic E-state index is 11.7.